The Labute approximate surface area is 247 Å². The molecule has 0 saturated heterocycles. The number of hydrogen-bond donors (Lipinski definition) is 0. The maximum atomic E-state index is 12.8. The summed E-state index contributed by atoms with van der Waals surface area (Å²) in [7, 11) is 0. The Morgan fingerprint density at radius 1 is 0.775 bits per heavy atom. The molecular formula is C33H29BrN4OS. The molecule has 0 aromatic heterocycles. The van der Waals surface area contributed by atoms with Crippen molar-refractivity contribution in [2.24, 2.45) is 10.2 Å². The van der Waals surface area contributed by atoms with Crippen molar-refractivity contribution >= 4 is 55.6 Å². The van der Waals surface area contributed by atoms with E-state index in [4.69, 9.17) is 10.2 Å². The summed E-state index contributed by atoms with van der Waals surface area (Å²) < 4.78 is 0.968. The molecule has 0 radical (unpaired) electrons. The van der Waals surface area contributed by atoms with Crippen LogP contribution in [0.4, 0.5) is 11.4 Å². The van der Waals surface area contributed by atoms with Crippen molar-refractivity contribution in [3.63, 3.8) is 0 Å². The summed E-state index contributed by atoms with van der Waals surface area (Å²) in [4.78, 5) is 11.9. The predicted molar refractivity (Wildman–Crippen MR) is 170 cm³/mol. The van der Waals surface area contributed by atoms with Crippen molar-refractivity contribution < 1.29 is 4.79 Å². The van der Waals surface area contributed by atoms with Crippen LogP contribution in [0.2, 0.25) is 0 Å². The number of Topliss-reactive ketones (excluding diaryl/α,β-unsaturated/α-hetero) is 1. The smallest absolute Gasteiger partial charge is 0.234 e. The van der Waals surface area contributed by atoms with Gasteiger partial charge in [0.15, 0.2) is 10.8 Å². The van der Waals surface area contributed by atoms with E-state index in [1.807, 2.05) is 76.7 Å². The number of nitrogens with zero attached hydrogens (tertiary/aromatic N) is 4. The molecule has 40 heavy (non-hydrogen) atoms. The molecule has 4 aromatic carbocycles. The van der Waals surface area contributed by atoms with Crippen molar-refractivity contribution in [1.29, 1.82) is 0 Å². The van der Waals surface area contributed by atoms with Crippen molar-refractivity contribution in [2.45, 2.75) is 38.1 Å². The van der Waals surface area contributed by atoms with Gasteiger partial charge in [0.25, 0.3) is 0 Å². The summed E-state index contributed by atoms with van der Waals surface area (Å²) in [5, 5.41) is 14.7. The molecule has 2 aliphatic heterocycles. The van der Waals surface area contributed by atoms with E-state index in [1.54, 1.807) is 6.92 Å². The van der Waals surface area contributed by atoms with Crippen LogP contribution in [0.3, 0.4) is 0 Å². The quantitative estimate of drug-likeness (QED) is 0.234. The van der Waals surface area contributed by atoms with Gasteiger partial charge in [0.1, 0.15) is 0 Å². The van der Waals surface area contributed by atoms with Crippen LogP contribution in [0.25, 0.3) is 0 Å². The summed E-state index contributed by atoms with van der Waals surface area (Å²) in [6.07, 6.45) is 0. The van der Waals surface area contributed by atoms with E-state index in [2.05, 4.69) is 73.1 Å². The first-order chi connectivity index (χ1) is 19.2. The summed E-state index contributed by atoms with van der Waals surface area (Å²) in [6.45, 7) is 8.22. The van der Waals surface area contributed by atoms with E-state index in [-0.39, 0.29) is 11.2 Å². The number of para-hydroxylation sites is 1. The van der Waals surface area contributed by atoms with Gasteiger partial charge in [-0.2, -0.15) is 10.2 Å². The number of benzene rings is 4. The monoisotopic (exact) mass is 608 g/mol. The molecule has 0 fully saturated rings. The second-order valence-electron chi connectivity index (χ2n) is 10.9. The third-order valence-electron chi connectivity index (χ3n) is 7.13. The first kappa shape index (κ1) is 26.5. The number of hydrogen-bond acceptors (Lipinski definition) is 6. The zero-order chi connectivity index (χ0) is 28.1. The molecule has 1 atom stereocenters. The molecule has 0 aliphatic carbocycles. The summed E-state index contributed by atoms with van der Waals surface area (Å²) in [5.41, 5.74) is 7.00. The highest BCUT2D eigenvalue weighted by atomic mass is 79.9. The Kier molecular flexibility index (Phi) is 6.67. The Morgan fingerprint density at radius 2 is 1.38 bits per heavy atom. The van der Waals surface area contributed by atoms with E-state index in [0.29, 0.717) is 5.04 Å². The fraction of sp³-hybridized carbons (Fsp3) is 0.182. The molecule has 2 aliphatic rings. The normalized spacial score (nSPS) is 18.4. The van der Waals surface area contributed by atoms with E-state index >= 15 is 0 Å². The first-order valence-electron chi connectivity index (χ1n) is 13.2. The summed E-state index contributed by atoms with van der Waals surface area (Å²) in [5.74, 6) is -0.0815. The molecule has 2 heterocycles. The Bertz CT molecular complexity index is 1640. The van der Waals surface area contributed by atoms with Gasteiger partial charge in [0.2, 0.25) is 4.99 Å². The van der Waals surface area contributed by atoms with Crippen molar-refractivity contribution in [3.05, 3.63) is 130 Å². The van der Waals surface area contributed by atoms with Crippen LogP contribution in [0.15, 0.2) is 118 Å². The topological polar surface area (TPSA) is 48.3 Å². The van der Waals surface area contributed by atoms with Gasteiger partial charge in [0, 0.05) is 28.1 Å². The molecule has 4 aromatic rings. The van der Waals surface area contributed by atoms with Crippen LogP contribution in [-0.4, -0.2) is 16.5 Å². The summed E-state index contributed by atoms with van der Waals surface area (Å²) >= 11 is 4.99. The van der Waals surface area contributed by atoms with E-state index in [0.717, 1.165) is 38.2 Å². The Hall–Kier alpha value is -3.68. The Morgan fingerprint density at radius 3 is 2.02 bits per heavy atom. The maximum absolute atomic E-state index is 12.8. The number of rotatable bonds is 4. The van der Waals surface area contributed by atoms with Crippen molar-refractivity contribution in [3.8, 4) is 0 Å². The van der Waals surface area contributed by atoms with Crippen LogP contribution in [0.1, 0.15) is 49.9 Å². The highest BCUT2D eigenvalue weighted by Crippen LogP contribution is 2.55. The van der Waals surface area contributed by atoms with E-state index in [9.17, 15) is 4.79 Å². The number of fused-ring (bicyclic) bond motifs is 2. The van der Waals surface area contributed by atoms with Gasteiger partial charge >= 0.3 is 0 Å². The van der Waals surface area contributed by atoms with Gasteiger partial charge in [0.05, 0.1) is 17.1 Å². The summed E-state index contributed by atoms with van der Waals surface area (Å²) in [6, 6.07) is 35.1. The third kappa shape index (κ3) is 4.47. The molecule has 200 valence electrons. The molecule has 1 unspecified atom stereocenters. The van der Waals surface area contributed by atoms with Crippen LogP contribution in [0, 0.1) is 0 Å². The fourth-order valence-electron chi connectivity index (χ4n) is 5.07. The lowest BCUT2D eigenvalue weighted by molar-refractivity contribution is -0.110. The fourth-order valence-corrected chi connectivity index (χ4v) is 6.62. The van der Waals surface area contributed by atoms with Gasteiger partial charge in [-0.25, -0.2) is 10.0 Å². The van der Waals surface area contributed by atoms with Gasteiger partial charge < -0.3 is 0 Å². The van der Waals surface area contributed by atoms with Crippen LogP contribution in [-0.2, 0) is 15.2 Å². The standard InChI is InChI=1S/C33H29BrN4OS/c1-22(39)31-36-38(27-20-18-25(34)19-21-27)33(40-31)29-13-9-8-12-28(29)30(35-37(33)26-10-6-5-7-11-26)23-14-16-24(17-15-23)32(2,3)4/h5-21H,1-4H3. The third-order valence-corrected chi connectivity index (χ3v) is 9.08. The first-order valence-corrected chi connectivity index (χ1v) is 14.8. The lowest BCUT2D eigenvalue weighted by atomic mass is 9.85. The molecule has 0 N–H and O–H groups in total. The second kappa shape index (κ2) is 10.1. The zero-order valence-corrected chi connectivity index (χ0v) is 25.2. The average Bonchev–Trinajstić information content (AvgIpc) is 3.35. The minimum Gasteiger partial charge on any atom is -0.292 e. The lowest BCUT2D eigenvalue weighted by Crippen LogP contribution is -2.54. The molecule has 0 saturated carbocycles. The van der Waals surface area contributed by atoms with Crippen LogP contribution in [0.5, 0.6) is 0 Å². The number of carbonyl (C=O) groups excluding carboxylic acids is 1. The predicted octanol–water partition coefficient (Wildman–Crippen LogP) is 8.29. The molecule has 5 nitrogen and oxygen atoms in total. The molecule has 1 spiro atoms. The van der Waals surface area contributed by atoms with Crippen molar-refractivity contribution in [2.75, 3.05) is 10.0 Å². The average molecular weight is 610 g/mol. The zero-order valence-electron chi connectivity index (χ0n) is 22.8. The minimum absolute atomic E-state index is 0.0526. The molecule has 7 heteroatoms. The van der Waals surface area contributed by atoms with Gasteiger partial charge in [-0.1, -0.05) is 103 Å². The lowest BCUT2D eigenvalue weighted by Gasteiger charge is -2.47. The number of halogens is 1. The van der Waals surface area contributed by atoms with Gasteiger partial charge in [-0.05, 0) is 59.1 Å². The van der Waals surface area contributed by atoms with Crippen LogP contribution >= 0.6 is 27.7 Å². The van der Waals surface area contributed by atoms with E-state index < -0.39 is 4.99 Å². The second-order valence-corrected chi connectivity index (χ2v) is 13.0. The highest BCUT2D eigenvalue weighted by molar-refractivity contribution is 9.10. The highest BCUT2D eigenvalue weighted by Gasteiger charge is 2.55. The maximum Gasteiger partial charge on any atom is 0.234 e. The van der Waals surface area contributed by atoms with Gasteiger partial charge in [-0.15, -0.1) is 0 Å². The van der Waals surface area contributed by atoms with Crippen LogP contribution < -0.4 is 10.0 Å². The Balaban J connectivity index is 1.62. The molecule has 6 rings (SSSR count). The largest absolute Gasteiger partial charge is 0.292 e. The molecule has 0 amide bonds. The number of hydrazone groups is 2. The molecular weight excluding hydrogens is 580 g/mol. The van der Waals surface area contributed by atoms with Gasteiger partial charge in [-0.3, -0.25) is 4.79 Å². The SMILES string of the molecule is CC(=O)C1=NN(c2ccc(Br)cc2)C2(S1)c1ccccc1C(c1ccc(C(C)(C)C)cc1)=NN2c1ccccc1. The number of carbonyl (C=O) groups is 1. The minimum atomic E-state index is -0.957. The number of anilines is 2. The number of ketones is 1. The van der Waals surface area contributed by atoms with E-state index in [1.165, 1.54) is 17.3 Å². The van der Waals surface area contributed by atoms with Crippen molar-refractivity contribution in [1.82, 2.24) is 0 Å². The number of thioether (sulfide) groups is 1. The molecule has 0 bridgehead atoms.